The number of halogens is 1. The highest BCUT2D eigenvalue weighted by atomic mass is 35.5. The number of hydrogen-bond acceptors (Lipinski definition) is 5. The van der Waals surface area contributed by atoms with Gasteiger partial charge in [-0.15, -0.1) is 0 Å². The third-order valence-electron chi connectivity index (χ3n) is 3.05. The van der Waals surface area contributed by atoms with E-state index >= 15 is 0 Å². The number of rotatable bonds is 5. The lowest BCUT2D eigenvalue weighted by Gasteiger charge is -2.15. The predicted molar refractivity (Wildman–Crippen MR) is 85.8 cm³/mol. The number of carbonyl (C=O) groups is 1. The van der Waals surface area contributed by atoms with Crippen LogP contribution >= 0.6 is 11.6 Å². The summed E-state index contributed by atoms with van der Waals surface area (Å²) >= 11 is 5.90. The Morgan fingerprint density at radius 3 is 2.87 bits per heavy atom. The lowest BCUT2D eigenvalue weighted by molar-refractivity contribution is -0.390. The van der Waals surface area contributed by atoms with Crippen LogP contribution in [0.25, 0.3) is 0 Å². The SMILES string of the molecule is Cc1ccc(Cl)cc1NC(=O)C(C)Oc1cccnc1[N+](=O)[O-]. The number of amides is 1. The number of pyridine rings is 1. The lowest BCUT2D eigenvalue weighted by Crippen LogP contribution is -2.30. The molecule has 0 aliphatic rings. The van der Waals surface area contributed by atoms with Gasteiger partial charge < -0.3 is 20.2 Å². The van der Waals surface area contributed by atoms with E-state index in [4.69, 9.17) is 16.3 Å². The molecule has 0 aliphatic heterocycles. The Kier molecular flexibility index (Phi) is 5.13. The third-order valence-corrected chi connectivity index (χ3v) is 3.29. The Morgan fingerprint density at radius 1 is 1.43 bits per heavy atom. The summed E-state index contributed by atoms with van der Waals surface area (Å²) in [6.07, 6.45) is 0.335. The molecule has 1 aromatic heterocycles. The molecule has 1 aromatic carbocycles. The quantitative estimate of drug-likeness (QED) is 0.667. The van der Waals surface area contributed by atoms with Crippen LogP contribution in [0.1, 0.15) is 12.5 Å². The van der Waals surface area contributed by atoms with Gasteiger partial charge in [0.15, 0.2) is 6.10 Å². The van der Waals surface area contributed by atoms with Gasteiger partial charge >= 0.3 is 5.82 Å². The first kappa shape index (κ1) is 16.7. The van der Waals surface area contributed by atoms with Gasteiger partial charge in [-0.1, -0.05) is 17.7 Å². The molecule has 2 aromatic rings. The molecule has 0 saturated heterocycles. The molecule has 2 rings (SSSR count). The van der Waals surface area contributed by atoms with Gasteiger partial charge in [-0.2, -0.15) is 0 Å². The maximum Gasteiger partial charge on any atom is 0.406 e. The van der Waals surface area contributed by atoms with E-state index in [1.54, 1.807) is 18.2 Å². The first-order valence-electron chi connectivity index (χ1n) is 6.71. The van der Waals surface area contributed by atoms with E-state index in [9.17, 15) is 14.9 Å². The van der Waals surface area contributed by atoms with Crippen molar-refractivity contribution < 1.29 is 14.5 Å². The number of aryl methyl sites for hydroxylation is 1. The highest BCUT2D eigenvalue weighted by Crippen LogP contribution is 2.25. The number of hydrogen-bond donors (Lipinski definition) is 1. The highest BCUT2D eigenvalue weighted by molar-refractivity contribution is 6.31. The van der Waals surface area contributed by atoms with Gasteiger partial charge in [-0.25, -0.2) is 0 Å². The number of anilines is 1. The molecule has 1 heterocycles. The molecule has 23 heavy (non-hydrogen) atoms. The van der Waals surface area contributed by atoms with Crippen molar-refractivity contribution in [2.24, 2.45) is 0 Å². The first-order valence-corrected chi connectivity index (χ1v) is 7.09. The minimum Gasteiger partial charge on any atom is -0.473 e. The fraction of sp³-hybridized carbons (Fsp3) is 0.200. The molecule has 1 atom stereocenters. The molecule has 0 aliphatic carbocycles. The van der Waals surface area contributed by atoms with Crippen LogP contribution in [0, 0.1) is 17.0 Å². The molecule has 1 unspecified atom stereocenters. The molecule has 8 heteroatoms. The van der Waals surface area contributed by atoms with Crippen LogP contribution in [-0.4, -0.2) is 21.9 Å². The van der Waals surface area contributed by atoms with Gasteiger partial charge in [-0.05, 0) is 53.6 Å². The van der Waals surface area contributed by atoms with Gasteiger partial charge in [0.1, 0.15) is 6.20 Å². The number of nitro groups is 1. The zero-order valence-corrected chi connectivity index (χ0v) is 13.2. The van der Waals surface area contributed by atoms with E-state index in [-0.39, 0.29) is 5.75 Å². The summed E-state index contributed by atoms with van der Waals surface area (Å²) in [6.45, 7) is 3.31. The second-order valence-electron chi connectivity index (χ2n) is 4.79. The zero-order valence-electron chi connectivity index (χ0n) is 12.4. The van der Waals surface area contributed by atoms with Gasteiger partial charge in [0.25, 0.3) is 5.91 Å². The standard InChI is InChI=1S/C15H14ClN3O4/c1-9-5-6-11(16)8-12(9)18-15(20)10(2)23-13-4-3-7-17-14(13)19(21)22/h3-8,10H,1-2H3,(H,18,20). The Morgan fingerprint density at radius 2 is 2.17 bits per heavy atom. The van der Waals surface area contributed by atoms with Crippen molar-refractivity contribution in [2.75, 3.05) is 5.32 Å². The molecular weight excluding hydrogens is 322 g/mol. The van der Waals surface area contributed by atoms with E-state index < -0.39 is 22.8 Å². The molecule has 7 nitrogen and oxygen atoms in total. The monoisotopic (exact) mass is 335 g/mol. The highest BCUT2D eigenvalue weighted by Gasteiger charge is 2.22. The summed E-state index contributed by atoms with van der Waals surface area (Å²) in [4.78, 5) is 26.0. The summed E-state index contributed by atoms with van der Waals surface area (Å²) in [5.74, 6) is -0.956. The van der Waals surface area contributed by atoms with Crippen molar-refractivity contribution in [3.05, 3.63) is 57.2 Å². The molecule has 1 amide bonds. The molecule has 0 fully saturated rings. The van der Waals surface area contributed by atoms with Crippen molar-refractivity contribution in [3.8, 4) is 5.75 Å². The Balaban J connectivity index is 2.12. The Labute approximate surface area is 137 Å². The molecule has 1 N–H and O–H groups in total. The summed E-state index contributed by atoms with van der Waals surface area (Å²) in [5, 5.41) is 14.1. The van der Waals surface area contributed by atoms with E-state index in [1.165, 1.54) is 25.3 Å². The number of carbonyl (C=O) groups excluding carboxylic acids is 1. The predicted octanol–water partition coefficient (Wildman–Crippen LogP) is 3.36. The van der Waals surface area contributed by atoms with Crippen LogP contribution in [0.3, 0.4) is 0 Å². The van der Waals surface area contributed by atoms with E-state index in [0.29, 0.717) is 10.7 Å². The van der Waals surface area contributed by atoms with Crippen LogP contribution in [0.4, 0.5) is 11.5 Å². The van der Waals surface area contributed by atoms with Crippen LogP contribution in [0.2, 0.25) is 5.02 Å². The van der Waals surface area contributed by atoms with E-state index in [0.717, 1.165) is 5.56 Å². The topological polar surface area (TPSA) is 94.4 Å². The number of ether oxygens (including phenoxy) is 1. The fourth-order valence-electron chi connectivity index (χ4n) is 1.82. The Bertz CT molecular complexity index is 751. The molecule has 0 saturated carbocycles. The van der Waals surface area contributed by atoms with Crippen LogP contribution < -0.4 is 10.1 Å². The largest absolute Gasteiger partial charge is 0.473 e. The average Bonchev–Trinajstić information content (AvgIpc) is 2.51. The smallest absolute Gasteiger partial charge is 0.406 e. The van der Waals surface area contributed by atoms with Crippen molar-refractivity contribution in [3.63, 3.8) is 0 Å². The minimum absolute atomic E-state index is 0.0667. The third kappa shape index (κ3) is 4.17. The van der Waals surface area contributed by atoms with Crippen molar-refractivity contribution >= 4 is 29.0 Å². The van der Waals surface area contributed by atoms with E-state index in [1.807, 2.05) is 6.92 Å². The van der Waals surface area contributed by atoms with E-state index in [2.05, 4.69) is 10.3 Å². The summed E-state index contributed by atoms with van der Waals surface area (Å²) < 4.78 is 5.36. The van der Waals surface area contributed by atoms with Gasteiger partial charge in [0.05, 0.1) is 0 Å². The maximum atomic E-state index is 12.2. The van der Waals surface area contributed by atoms with Gasteiger partial charge in [0, 0.05) is 10.7 Å². The fourth-order valence-corrected chi connectivity index (χ4v) is 1.99. The minimum atomic E-state index is -0.948. The molecular formula is C15H14ClN3O4. The van der Waals surface area contributed by atoms with Gasteiger partial charge in [-0.3, -0.25) is 4.79 Å². The zero-order chi connectivity index (χ0) is 17.0. The van der Waals surface area contributed by atoms with Crippen LogP contribution in [-0.2, 0) is 4.79 Å². The second-order valence-corrected chi connectivity index (χ2v) is 5.23. The molecule has 0 radical (unpaired) electrons. The summed E-state index contributed by atoms with van der Waals surface area (Å²) in [5.41, 5.74) is 1.39. The van der Waals surface area contributed by atoms with Crippen molar-refractivity contribution in [2.45, 2.75) is 20.0 Å². The normalized spacial score (nSPS) is 11.6. The number of nitrogens with zero attached hydrogens (tertiary/aromatic N) is 2. The first-order chi connectivity index (χ1) is 10.9. The molecule has 120 valence electrons. The second kappa shape index (κ2) is 7.06. The van der Waals surface area contributed by atoms with Crippen molar-refractivity contribution in [1.29, 1.82) is 0 Å². The van der Waals surface area contributed by atoms with Crippen LogP contribution in [0.5, 0.6) is 5.75 Å². The van der Waals surface area contributed by atoms with Gasteiger partial charge in [0.2, 0.25) is 5.75 Å². The number of benzene rings is 1. The number of nitrogens with one attached hydrogen (secondary N) is 1. The summed E-state index contributed by atoms with van der Waals surface area (Å²) in [6, 6.07) is 7.99. The average molecular weight is 336 g/mol. The van der Waals surface area contributed by atoms with Crippen molar-refractivity contribution in [1.82, 2.24) is 4.98 Å². The van der Waals surface area contributed by atoms with Crippen LogP contribution in [0.15, 0.2) is 36.5 Å². The molecule has 0 bridgehead atoms. The molecule has 0 spiro atoms. The summed E-state index contributed by atoms with van der Waals surface area (Å²) in [7, 11) is 0. The lowest BCUT2D eigenvalue weighted by atomic mass is 10.2. The maximum absolute atomic E-state index is 12.2. The number of aromatic nitrogens is 1. The Hall–Kier alpha value is -2.67.